The van der Waals surface area contributed by atoms with Crippen LogP contribution >= 0.6 is 0 Å². The monoisotopic (exact) mass is 397 g/mol. The molecule has 3 aromatic carbocycles. The van der Waals surface area contributed by atoms with Gasteiger partial charge in [0.25, 0.3) is 0 Å². The second-order valence-electron chi connectivity index (χ2n) is 7.65. The second-order valence-corrected chi connectivity index (χ2v) is 7.65. The fourth-order valence-electron chi connectivity index (χ4n) is 3.27. The van der Waals surface area contributed by atoms with E-state index >= 15 is 0 Å². The average molecular weight is 398 g/mol. The summed E-state index contributed by atoms with van der Waals surface area (Å²) in [4.78, 5) is 13.3. The van der Waals surface area contributed by atoms with E-state index in [1.807, 2.05) is 42.5 Å². The van der Waals surface area contributed by atoms with Crippen molar-refractivity contribution in [2.45, 2.75) is 33.2 Å². The molecule has 0 amide bonds. The van der Waals surface area contributed by atoms with Crippen molar-refractivity contribution >= 4 is 11.5 Å². The summed E-state index contributed by atoms with van der Waals surface area (Å²) in [7, 11) is 0. The van der Waals surface area contributed by atoms with Crippen LogP contribution in [0.2, 0.25) is 0 Å². The zero-order valence-corrected chi connectivity index (χ0v) is 17.7. The van der Waals surface area contributed by atoms with Crippen molar-refractivity contribution < 1.29 is 9.53 Å². The van der Waals surface area contributed by atoms with E-state index in [4.69, 9.17) is 11.2 Å². The quantitative estimate of drug-likeness (QED) is 0.376. The normalized spacial score (nSPS) is 10.5. The highest BCUT2D eigenvalue weighted by molar-refractivity contribution is 6.12. The first-order chi connectivity index (χ1) is 14.5. The third kappa shape index (κ3) is 5.30. The van der Waals surface area contributed by atoms with Crippen LogP contribution in [-0.2, 0) is 6.54 Å². The Bertz CT molecular complexity index is 1060. The maximum Gasteiger partial charge on any atom is 0.195 e. The van der Waals surface area contributed by atoms with Crippen molar-refractivity contribution in [2.24, 2.45) is 0 Å². The predicted octanol–water partition coefficient (Wildman–Crippen LogP) is 5.97. The molecule has 0 atom stereocenters. The fraction of sp³-hybridized carbons (Fsp3) is 0.222. The number of ether oxygens (including phenoxy) is 1. The van der Waals surface area contributed by atoms with Crippen LogP contribution < -0.4 is 10.1 Å². The van der Waals surface area contributed by atoms with Gasteiger partial charge in [0.05, 0.1) is 0 Å². The van der Waals surface area contributed by atoms with Crippen LogP contribution in [0.4, 0.5) is 5.69 Å². The smallest absolute Gasteiger partial charge is 0.195 e. The van der Waals surface area contributed by atoms with Gasteiger partial charge in [-0.2, -0.15) is 0 Å². The molecule has 0 heterocycles. The van der Waals surface area contributed by atoms with Gasteiger partial charge in [0.15, 0.2) is 5.78 Å². The van der Waals surface area contributed by atoms with Crippen LogP contribution in [0, 0.1) is 19.3 Å². The Hall–Kier alpha value is -3.51. The molecule has 0 radical (unpaired) electrons. The van der Waals surface area contributed by atoms with Gasteiger partial charge in [-0.15, -0.1) is 6.42 Å². The Labute approximate surface area is 179 Å². The molecule has 3 nitrogen and oxygen atoms in total. The van der Waals surface area contributed by atoms with Crippen molar-refractivity contribution in [1.29, 1.82) is 0 Å². The lowest BCUT2D eigenvalue weighted by Gasteiger charge is -2.14. The van der Waals surface area contributed by atoms with E-state index < -0.39 is 0 Å². The van der Waals surface area contributed by atoms with E-state index in [0.29, 0.717) is 29.3 Å². The minimum Gasteiger partial charge on any atom is -0.481 e. The molecule has 0 spiro atoms. The fourth-order valence-corrected chi connectivity index (χ4v) is 3.27. The van der Waals surface area contributed by atoms with Gasteiger partial charge in [-0.25, -0.2) is 0 Å². The number of hydrogen-bond acceptors (Lipinski definition) is 3. The third-order valence-electron chi connectivity index (χ3n) is 4.96. The lowest BCUT2D eigenvalue weighted by atomic mass is 9.97. The van der Waals surface area contributed by atoms with E-state index in [1.54, 1.807) is 6.07 Å². The number of terminal acetylenes is 1. The number of rotatable bonds is 8. The molecule has 0 aliphatic carbocycles. The maximum absolute atomic E-state index is 13.3. The summed E-state index contributed by atoms with van der Waals surface area (Å²) in [6.45, 7) is 7.12. The number of benzene rings is 3. The van der Waals surface area contributed by atoms with Crippen LogP contribution in [0.3, 0.4) is 0 Å². The summed E-state index contributed by atoms with van der Waals surface area (Å²) in [5.41, 5.74) is 5.54. The van der Waals surface area contributed by atoms with Gasteiger partial charge in [0, 0.05) is 23.4 Å². The SMILES string of the molecule is C#CCOc1ccc(NCc2cccc(C)c2)c(C(=O)c2ccc(C(C)C)cc2)c1. The molecule has 3 heteroatoms. The van der Waals surface area contributed by atoms with Gasteiger partial charge in [-0.1, -0.05) is 73.9 Å². The summed E-state index contributed by atoms with van der Waals surface area (Å²) in [5, 5.41) is 3.40. The Morgan fingerprint density at radius 2 is 1.83 bits per heavy atom. The highest BCUT2D eigenvalue weighted by atomic mass is 16.5. The van der Waals surface area contributed by atoms with E-state index in [1.165, 1.54) is 11.1 Å². The summed E-state index contributed by atoms with van der Waals surface area (Å²) in [6, 6.07) is 21.5. The molecule has 0 saturated carbocycles. The van der Waals surface area contributed by atoms with E-state index in [-0.39, 0.29) is 12.4 Å². The predicted molar refractivity (Wildman–Crippen MR) is 123 cm³/mol. The van der Waals surface area contributed by atoms with Gasteiger partial charge >= 0.3 is 0 Å². The number of nitrogens with one attached hydrogen (secondary N) is 1. The van der Waals surface area contributed by atoms with Crippen molar-refractivity contribution in [3.63, 3.8) is 0 Å². The molecule has 0 saturated heterocycles. The maximum atomic E-state index is 13.3. The molecule has 0 aliphatic heterocycles. The van der Waals surface area contributed by atoms with Crippen molar-refractivity contribution in [3.05, 3.63) is 94.5 Å². The minimum atomic E-state index is -0.0526. The molecule has 0 fully saturated rings. The first-order valence-corrected chi connectivity index (χ1v) is 10.1. The molecular formula is C27H27NO2. The Morgan fingerprint density at radius 1 is 1.07 bits per heavy atom. The summed E-state index contributed by atoms with van der Waals surface area (Å²) in [6.07, 6.45) is 5.30. The van der Waals surface area contributed by atoms with Gasteiger partial charge in [0.1, 0.15) is 12.4 Å². The molecule has 0 bridgehead atoms. The van der Waals surface area contributed by atoms with Crippen LogP contribution in [0.25, 0.3) is 0 Å². The lowest BCUT2D eigenvalue weighted by Crippen LogP contribution is -2.09. The van der Waals surface area contributed by atoms with Crippen LogP contribution in [0.15, 0.2) is 66.7 Å². The summed E-state index contributed by atoms with van der Waals surface area (Å²) in [5.74, 6) is 3.40. The topological polar surface area (TPSA) is 38.3 Å². The van der Waals surface area contributed by atoms with Crippen LogP contribution in [0.5, 0.6) is 5.75 Å². The molecule has 0 aliphatic rings. The minimum absolute atomic E-state index is 0.0526. The largest absolute Gasteiger partial charge is 0.481 e. The van der Waals surface area contributed by atoms with Gasteiger partial charge in [-0.3, -0.25) is 4.79 Å². The van der Waals surface area contributed by atoms with E-state index in [9.17, 15) is 4.79 Å². The van der Waals surface area contributed by atoms with Crippen molar-refractivity contribution in [1.82, 2.24) is 0 Å². The zero-order chi connectivity index (χ0) is 21.5. The Morgan fingerprint density at radius 3 is 2.50 bits per heavy atom. The van der Waals surface area contributed by atoms with Gasteiger partial charge < -0.3 is 10.1 Å². The molecule has 3 aromatic rings. The Balaban J connectivity index is 1.90. The molecule has 3 rings (SSSR count). The molecule has 1 N–H and O–H groups in total. The highest BCUT2D eigenvalue weighted by Crippen LogP contribution is 2.26. The van der Waals surface area contributed by atoms with E-state index in [2.05, 4.69) is 50.2 Å². The molecular weight excluding hydrogens is 370 g/mol. The summed E-state index contributed by atoms with van der Waals surface area (Å²) < 4.78 is 5.55. The van der Waals surface area contributed by atoms with Gasteiger partial charge in [0.2, 0.25) is 0 Å². The standard InChI is InChI=1S/C27H27NO2/c1-5-15-30-24-13-14-26(28-18-21-8-6-7-20(4)16-21)25(17-24)27(29)23-11-9-22(10-12-23)19(2)3/h1,6-14,16-17,19,28H,15,18H2,2-4H3. The first kappa shape index (κ1) is 21.2. The summed E-state index contributed by atoms with van der Waals surface area (Å²) >= 11 is 0. The Kier molecular flexibility index (Phi) is 6.93. The lowest BCUT2D eigenvalue weighted by molar-refractivity contribution is 0.103. The van der Waals surface area contributed by atoms with Crippen LogP contribution in [0.1, 0.15) is 52.4 Å². The molecule has 30 heavy (non-hydrogen) atoms. The molecule has 0 unspecified atom stereocenters. The highest BCUT2D eigenvalue weighted by Gasteiger charge is 2.16. The van der Waals surface area contributed by atoms with Crippen LogP contribution in [-0.4, -0.2) is 12.4 Å². The molecule has 0 aromatic heterocycles. The average Bonchev–Trinajstić information content (AvgIpc) is 2.76. The third-order valence-corrected chi connectivity index (χ3v) is 4.96. The number of carbonyl (C=O) groups excluding carboxylic acids is 1. The number of ketones is 1. The zero-order valence-electron chi connectivity index (χ0n) is 17.7. The number of hydrogen-bond donors (Lipinski definition) is 1. The molecule has 152 valence electrons. The second kappa shape index (κ2) is 9.80. The number of aryl methyl sites for hydroxylation is 1. The van der Waals surface area contributed by atoms with E-state index in [0.717, 1.165) is 11.3 Å². The van der Waals surface area contributed by atoms with Crippen molar-refractivity contribution in [3.8, 4) is 18.1 Å². The van der Waals surface area contributed by atoms with Crippen molar-refractivity contribution in [2.75, 3.05) is 11.9 Å². The number of anilines is 1. The number of carbonyl (C=O) groups is 1. The van der Waals surface area contributed by atoms with Gasteiger partial charge in [-0.05, 0) is 42.2 Å². The first-order valence-electron chi connectivity index (χ1n) is 10.1.